The Balaban J connectivity index is 1.69. The van der Waals surface area contributed by atoms with Crippen molar-refractivity contribution in [2.75, 3.05) is 13.2 Å². The van der Waals surface area contributed by atoms with Crippen molar-refractivity contribution in [1.29, 1.82) is 0 Å². The first-order chi connectivity index (χ1) is 15.4. The Morgan fingerprint density at radius 1 is 0.906 bits per heavy atom. The van der Waals surface area contributed by atoms with Gasteiger partial charge in [-0.25, -0.2) is 4.39 Å². The molecule has 32 heavy (non-hydrogen) atoms. The second-order valence-corrected chi connectivity index (χ2v) is 8.24. The second kappa shape index (κ2) is 9.66. The Morgan fingerprint density at radius 2 is 1.62 bits per heavy atom. The molecule has 1 saturated heterocycles. The van der Waals surface area contributed by atoms with Crippen LogP contribution in [0.5, 0.6) is 0 Å². The second-order valence-electron chi connectivity index (χ2n) is 8.24. The summed E-state index contributed by atoms with van der Waals surface area (Å²) in [6.45, 7) is -0.400. The highest BCUT2D eigenvalue weighted by atomic mass is 19.1. The molecule has 5 N–H and O–H groups in total. The van der Waals surface area contributed by atoms with E-state index in [-0.39, 0.29) is 6.61 Å². The van der Waals surface area contributed by atoms with Crippen molar-refractivity contribution in [3.8, 4) is 0 Å². The zero-order valence-electron chi connectivity index (χ0n) is 17.5. The predicted octanol–water partition coefficient (Wildman–Crippen LogP) is 1.27. The molecule has 1 aromatic heterocycles. The minimum atomic E-state index is -1.52. The average molecular weight is 445 g/mol. The van der Waals surface area contributed by atoms with E-state index in [2.05, 4.69) is 0 Å². The number of aromatic nitrogens is 1. The van der Waals surface area contributed by atoms with E-state index in [0.29, 0.717) is 29.3 Å². The fourth-order valence-electron chi connectivity index (χ4n) is 4.33. The Hall–Kier alpha value is -2.33. The number of ether oxygens (including phenoxy) is 1. The van der Waals surface area contributed by atoms with Gasteiger partial charge in [-0.2, -0.15) is 0 Å². The summed E-state index contributed by atoms with van der Waals surface area (Å²) in [5, 5.41) is 49.7. The topological polar surface area (TPSA) is 115 Å². The molecule has 1 aliphatic rings. The van der Waals surface area contributed by atoms with Crippen LogP contribution >= 0.6 is 0 Å². The smallest absolute Gasteiger partial charge is 0.163 e. The molecule has 8 heteroatoms. The van der Waals surface area contributed by atoms with Crippen LogP contribution in [0.4, 0.5) is 4.39 Å². The van der Waals surface area contributed by atoms with E-state index in [1.807, 2.05) is 24.3 Å². The van der Waals surface area contributed by atoms with Crippen molar-refractivity contribution in [3.05, 3.63) is 71.2 Å². The third-order valence-electron chi connectivity index (χ3n) is 6.07. The lowest BCUT2D eigenvalue weighted by Crippen LogP contribution is -2.56. The van der Waals surface area contributed by atoms with Gasteiger partial charge in [0, 0.05) is 18.2 Å². The van der Waals surface area contributed by atoms with Gasteiger partial charge in [0.25, 0.3) is 0 Å². The highest BCUT2D eigenvalue weighted by Gasteiger charge is 2.44. The Bertz CT molecular complexity index is 1050. The van der Waals surface area contributed by atoms with Crippen molar-refractivity contribution < 1.29 is 34.7 Å². The number of aliphatic hydroxyl groups excluding tert-OH is 5. The molecule has 0 radical (unpaired) electrons. The van der Waals surface area contributed by atoms with Crippen LogP contribution in [0.25, 0.3) is 10.9 Å². The van der Waals surface area contributed by atoms with Crippen LogP contribution in [-0.2, 0) is 17.6 Å². The van der Waals surface area contributed by atoms with E-state index >= 15 is 0 Å². The van der Waals surface area contributed by atoms with Gasteiger partial charge in [0.15, 0.2) is 6.23 Å². The molecule has 7 nitrogen and oxygen atoms in total. The van der Waals surface area contributed by atoms with Crippen LogP contribution in [0.2, 0.25) is 0 Å². The molecule has 3 aromatic rings. The van der Waals surface area contributed by atoms with Gasteiger partial charge < -0.3 is 34.8 Å². The van der Waals surface area contributed by atoms with Gasteiger partial charge in [0.05, 0.1) is 12.1 Å². The lowest BCUT2D eigenvalue weighted by molar-refractivity contribution is -0.250. The Labute approximate surface area is 184 Å². The summed E-state index contributed by atoms with van der Waals surface area (Å²) < 4.78 is 22.1. The summed E-state index contributed by atoms with van der Waals surface area (Å²) in [6.07, 6.45) is -3.03. The van der Waals surface area contributed by atoms with Gasteiger partial charge in [-0.05, 0) is 48.1 Å². The van der Waals surface area contributed by atoms with E-state index in [9.17, 15) is 24.8 Å². The molecule has 0 spiro atoms. The zero-order chi connectivity index (χ0) is 22.8. The summed E-state index contributed by atoms with van der Waals surface area (Å²) in [5.41, 5.74) is 3.23. The molecule has 4 rings (SSSR count). The number of aryl methyl sites for hydroxylation is 1. The maximum Gasteiger partial charge on any atom is 0.163 e. The number of hydrogen-bond acceptors (Lipinski definition) is 6. The molecule has 0 amide bonds. The highest BCUT2D eigenvalue weighted by Crippen LogP contribution is 2.35. The minimum absolute atomic E-state index is 0.137. The highest BCUT2D eigenvalue weighted by molar-refractivity contribution is 5.85. The molecule has 1 fully saturated rings. The number of nitrogens with zero attached hydrogens (tertiary/aromatic N) is 1. The third-order valence-corrected chi connectivity index (χ3v) is 6.07. The number of fused-ring (bicyclic) bond motifs is 1. The fraction of sp³-hybridized carbons (Fsp3) is 0.417. The first-order valence-electron chi connectivity index (χ1n) is 10.7. The average Bonchev–Trinajstić information content (AvgIpc) is 3.16. The molecule has 0 bridgehead atoms. The zero-order valence-corrected chi connectivity index (χ0v) is 17.5. The quantitative estimate of drug-likeness (QED) is 0.374. The van der Waals surface area contributed by atoms with Crippen LogP contribution < -0.4 is 0 Å². The molecule has 1 aliphatic heterocycles. The number of halogens is 1. The molecule has 172 valence electrons. The van der Waals surface area contributed by atoms with E-state index in [0.717, 1.165) is 17.5 Å². The third kappa shape index (κ3) is 4.30. The van der Waals surface area contributed by atoms with Gasteiger partial charge in [-0.3, -0.25) is 0 Å². The first kappa shape index (κ1) is 22.8. The normalized spacial score (nSPS) is 26.0. The van der Waals surface area contributed by atoms with E-state index in [1.54, 1.807) is 22.9 Å². The van der Waals surface area contributed by atoms with Gasteiger partial charge in [0.2, 0.25) is 0 Å². The Morgan fingerprint density at radius 3 is 2.31 bits per heavy atom. The van der Waals surface area contributed by atoms with Crippen LogP contribution in [-0.4, -0.2) is 67.7 Å². The van der Waals surface area contributed by atoms with Crippen LogP contribution in [0, 0.1) is 5.82 Å². The molecule has 0 aliphatic carbocycles. The van der Waals surface area contributed by atoms with Gasteiger partial charge in [-0.15, -0.1) is 0 Å². The SMILES string of the molecule is OCCCc1ccc(Cc2cn([C@@H]3O[C@H](CO)[C@@H](O)[C@H](O)[C@H]3O)c3cccc(F)c23)cc1. The summed E-state index contributed by atoms with van der Waals surface area (Å²) >= 11 is 0. The summed E-state index contributed by atoms with van der Waals surface area (Å²) in [4.78, 5) is 0. The maximum absolute atomic E-state index is 14.8. The fourth-order valence-corrected chi connectivity index (χ4v) is 4.33. The number of benzene rings is 2. The molecular weight excluding hydrogens is 417 g/mol. The van der Waals surface area contributed by atoms with Gasteiger partial charge >= 0.3 is 0 Å². The summed E-state index contributed by atoms with van der Waals surface area (Å²) in [6, 6.07) is 12.5. The van der Waals surface area contributed by atoms with Crippen LogP contribution in [0.3, 0.4) is 0 Å². The van der Waals surface area contributed by atoms with E-state index in [1.165, 1.54) is 6.07 Å². The molecule has 2 heterocycles. The van der Waals surface area contributed by atoms with Gasteiger partial charge in [-0.1, -0.05) is 30.3 Å². The Kier molecular flexibility index (Phi) is 6.90. The monoisotopic (exact) mass is 445 g/mol. The van der Waals surface area contributed by atoms with Crippen LogP contribution in [0.1, 0.15) is 29.3 Å². The molecular formula is C24H28FNO6. The van der Waals surface area contributed by atoms with E-state index in [4.69, 9.17) is 9.84 Å². The van der Waals surface area contributed by atoms with Gasteiger partial charge in [0.1, 0.15) is 30.2 Å². The lowest BCUT2D eigenvalue weighted by Gasteiger charge is -2.40. The van der Waals surface area contributed by atoms with Crippen molar-refractivity contribution in [2.45, 2.75) is 49.9 Å². The van der Waals surface area contributed by atoms with Crippen molar-refractivity contribution in [3.63, 3.8) is 0 Å². The minimum Gasteiger partial charge on any atom is -0.396 e. The van der Waals surface area contributed by atoms with Crippen LogP contribution in [0.15, 0.2) is 48.7 Å². The number of aliphatic hydroxyl groups is 5. The number of rotatable bonds is 7. The lowest BCUT2D eigenvalue weighted by atomic mass is 9.98. The standard InChI is InChI=1S/C24H28FNO6/c25-17-4-1-5-18-20(17)16(11-15-8-6-14(7-9-15)3-2-10-27)12-26(18)24-23(31)22(30)21(29)19(13-28)32-24/h1,4-9,12,19,21-24,27-31H,2-3,10-11,13H2/t19-,21-,22+,23-,24-/m1/s1. The first-order valence-corrected chi connectivity index (χ1v) is 10.7. The predicted molar refractivity (Wildman–Crippen MR) is 116 cm³/mol. The number of hydrogen-bond donors (Lipinski definition) is 5. The largest absolute Gasteiger partial charge is 0.396 e. The van der Waals surface area contributed by atoms with E-state index < -0.39 is 43.1 Å². The van der Waals surface area contributed by atoms with Crippen molar-refractivity contribution in [2.24, 2.45) is 0 Å². The molecule has 5 atom stereocenters. The van der Waals surface area contributed by atoms with Crippen molar-refractivity contribution in [1.82, 2.24) is 4.57 Å². The maximum atomic E-state index is 14.8. The summed E-state index contributed by atoms with van der Waals surface area (Å²) in [7, 11) is 0. The molecule has 2 aromatic carbocycles. The summed E-state index contributed by atoms with van der Waals surface area (Å²) in [5.74, 6) is -0.416. The molecule has 0 unspecified atom stereocenters. The molecule has 0 saturated carbocycles. The van der Waals surface area contributed by atoms with Crippen molar-refractivity contribution >= 4 is 10.9 Å².